The molecule has 2 heteroatoms. The lowest BCUT2D eigenvalue weighted by Gasteiger charge is -2.39. The summed E-state index contributed by atoms with van der Waals surface area (Å²) in [6, 6.07) is 22.0. The van der Waals surface area contributed by atoms with Gasteiger partial charge in [-0.3, -0.25) is 0 Å². The van der Waals surface area contributed by atoms with Crippen LogP contribution in [0.4, 0.5) is 0 Å². The first-order valence-electron chi connectivity index (χ1n) is 11.7. The van der Waals surface area contributed by atoms with Gasteiger partial charge in [0.05, 0.1) is 0 Å². The first kappa shape index (κ1) is 22.3. The van der Waals surface area contributed by atoms with Gasteiger partial charge < -0.3 is 4.57 Å². The molecule has 160 valence electrons. The number of benzene rings is 2. The Hall–Kier alpha value is -2.35. The van der Waals surface area contributed by atoms with E-state index in [1.54, 1.807) is 0 Å². The van der Waals surface area contributed by atoms with E-state index in [2.05, 4.69) is 92.3 Å². The van der Waals surface area contributed by atoms with Crippen LogP contribution in [0.15, 0.2) is 73.1 Å². The van der Waals surface area contributed by atoms with Crippen molar-refractivity contribution in [3.63, 3.8) is 0 Å². The topological polar surface area (TPSA) is 17.8 Å². The van der Waals surface area contributed by atoms with Crippen LogP contribution in [0.3, 0.4) is 0 Å². The van der Waals surface area contributed by atoms with Gasteiger partial charge in [0.15, 0.2) is 0 Å². The molecule has 0 fully saturated rings. The molecule has 3 rings (SSSR count). The van der Waals surface area contributed by atoms with Crippen molar-refractivity contribution < 1.29 is 0 Å². The number of nitrogens with zero attached hydrogens (tertiary/aromatic N) is 2. The highest BCUT2D eigenvalue weighted by molar-refractivity contribution is 5.33. The quantitative estimate of drug-likeness (QED) is 0.288. The lowest BCUT2D eigenvalue weighted by Crippen LogP contribution is -2.34. The van der Waals surface area contributed by atoms with Crippen molar-refractivity contribution in [2.24, 2.45) is 7.05 Å². The number of unbranched alkanes of at least 4 members (excludes halogenated alkanes) is 5. The molecule has 0 bridgehead atoms. The minimum absolute atomic E-state index is 0.00878. The average Bonchev–Trinajstić information content (AvgIpc) is 3.20. The highest BCUT2D eigenvalue weighted by atomic mass is 15.0. The van der Waals surface area contributed by atoms with Crippen LogP contribution < -0.4 is 0 Å². The minimum Gasteiger partial charge on any atom is -0.338 e. The second-order valence-electron chi connectivity index (χ2n) is 8.95. The van der Waals surface area contributed by atoms with E-state index in [0.29, 0.717) is 5.92 Å². The van der Waals surface area contributed by atoms with Crippen LogP contribution in [0.2, 0.25) is 0 Å². The predicted octanol–water partition coefficient (Wildman–Crippen LogP) is 7.45. The predicted molar refractivity (Wildman–Crippen MR) is 128 cm³/mol. The lowest BCUT2D eigenvalue weighted by molar-refractivity contribution is 0.326. The van der Waals surface area contributed by atoms with Crippen molar-refractivity contribution in [2.45, 2.75) is 76.5 Å². The van der Waals surface area contributed by atoms with Gasteiger partial charge in [0, 0.05) is 30.8 Å². The SMILES string of the molecule is CCCCCCCCC(c1nccn1C)C(C)(Cc1ccccc1)c1ccccc1. The van der Waals surface area contributed by atoms with E-state index in [1.807, 2.05) is 6.20 Å². The molecule has 0 radical (unpaired) electrons. The van der Waals surface area contributed by atoms with Gasteiger partial charge in [0.1, 0.15) is 5.82 Å². The first-order valence-corrected chi connectivity index (χ1v) is 11.7. The van der Waals surface area contributed by atoms with Crippen LogP contribution in [0, 0.1) is 0 Å². The standard InChI is InChI=1S/C28H38N2/c1-4-5-6-7-8-15-20-26(27-29-21-22-30(27)3)28(2,25-18-13-10-14-19-25)23-24-16-11-9-12-17-24/h9-14,16-19,21-22,26H,4-8,15,20,23H2,1-3H3. The fourth-order valence-electron chi connectivity index (χ4n) is 4.84. The maximum absolute atomic E-state index is 4.84. The van der Waals surface area contributed by atoms with E-state index in [9.17, 15) is 0 Å². The molecule has 0 saturated heterocycles. The van der Waals surface area contributed by atoms with E-state index < -0.39 is 0 Å². The number of imidazole rings is 1. The summed E-state index contributed by atoms with van der Waals surface area (Å²) in [5.74, 6) is 1.59. The Kier molecular flexibility index (Phi) is 8.30. The van der Waals surface area contributed by atoms with E-state index >= 15 is 0 Å². The molecule has 1 aromatic heterocycles. The average molecular weight is 403 g/mol. The Morgan fingerprint density at radius 2 is 1.50 bits per heavy atom. The van der Waals surface area contributed by atoms with Gasteiger partial charge in [-0.1, -0.05) is 113 Å². The lowest BCUT2D eigenvalue weighted by atomic mass is 9.66. The van der Waals surface area contributed by atoms with Crippen molar-refractivity contribution in [1.29, 1.82) is 0 Å². The van der Waals surface area contributed by atoms with Crippen LogP contribution in [-0.2, 0) is 18.9 Å². The minimum atomic E-state index is -0.00878. The molecule has 0 saturated carbocycles. The number of aromatic nitrogens is 2. The maximum Gasteiger partial charge on any atom is 0.112 e. The largest absolute Gasteiger partial charge is 0.338 e. The van der Waals surface area contributed by atoms with E-state index in [-0.39, 0.29) is 5.41 Å². The molecule has 2 aromatic carbocycles. The summed E-state index contributed by atoms with van der Waals surface area (Å²) < 4.78 is 2.23. The van der Waals surface area contributed by atoms with Crippen LogP contribution in [-0.4, -0.2) is 9.55 Å². The summed E-state index contributed by atoms with van der Waals surface area (Å²) in [6.45, 7) is 4.73. The summed E-state index contributed by atoms with van der Waals surface area (Å²) in [5, 5.41) is 0. The van der Waals surface area contributed by atoms with Crippen molar-refractivity contribution in [3.05, 3.63) is 90.0 Å². The Bertz CT molecular complexity index is 853. The molecular formula is C28H38N2. The van der Waals surface area contributed by atoms with Crippen LogP contribution in [0.5, 0.6) is 0 Å². The van der Waals surface area contributed by atoms with E-state index in [1.165, 1.54) is 61.9 Å². The van der Waals surface area contributed by atoms with Crippen molar-refractivity contribution in [1.82, 2.24) is 9.55 Å². The van der Waals surface area contributed by atoms with Gasteiger partial charge >= 0.3 is 0 Å². The Labute approximate surface area is 183 Å². The Morgan fingerprint density at radius 1 is 0.867 bits per heavy atom. The molecular weight excluding hydrogens is 364 g/mol. The fraction of sp³-hybridized carbons (Fsp3) is 0.464. The molecule has 2 nitrogen and oxygen atoms in total. The molecule has 2 unspecified atom stereocenters. The zero-order valence-electron chi connectivity index (χ0n) is 19.1. The Balaban J connectivity index is 1.91. The third-order valence-electron chi connectivity index (χ3n) is 6.63. The number of aryl methyl sites for hydroxylation is 1. The molecule has 0 aliphatic carbocycles. The van der Waals surface area contributed by atoms with Gasteiger partial charge in [-0.25, -0.2) is 4.98 Å². The maximum atomic E-state index is 4.84. The summed E-state index contributed by atoms with van der Waals surface area (Å²) in [5.41, 5.74) is 2.80. The molecule has 3 aromatic rings. The van der Waals surface area contributed by atoms with E-state index in [4.69, 9.17) is 4.98 Å². The normalized spacial score (nSPS) is 14.4. The van der Waals surface area contributed by atoms with Crippen molar-refractivity contribution in [3.8, 4) is 0 Å². The molecule has 0 spiro atoms. The molecule has 2 atom stereocenters. The van der Waals surface area contributed by atoms with Crippen molar-refractivity contribution in [2.75, 3.05) is 0 Å². The summed E-state index contributed by atoms with van der Waals surface area (Å²) in [7, 11) is 2.14. The molecule has 30 heavy (non-hydrogen) atoms. The molecule has 1 heterocycles. The summed E-state index contributed by atoms with van der Waals surface area (Å²) in [4.78, 5) is 4.84. The van der Waals surface area contributed by atoms with Gasteiger partial charge in [0.25, 0.3) is 0 Å². The van der Waals surface area contributed by atoms with Gasteiger partial charge in [-0.05, 0) is 24.0 Å². The molecule has 0 amide bonds. The van der Waals surface area contributed by atoms with Crippen LogP contribution in [0.1, 0.15) is 81.7 Å². The smallest absolute Gasteiger partial charge is 0.112 e. The third kappa shape index (κ3) is 5.62. The molecule has 0 aliphatic rings. The first-order chi connectivity index (χ1) is 14.6. The third-order valence-corrected chi connectivity index (χ3v) is 6.63. The molecule has 0 N–H and O–H groups in total. The van der Waals surface area contributed by atoms with Gasteiger partial charge in [-0.15, -0.1) is 0 Å². The second kappa shape index (κ2) is 11.2. The van der Waals surface area contributed by atoms with E-state index in [0.717, 1.165) is 6.42 Å². The number of rotatable bonds is 12. The fourth-order valence-corrected chi connectivity index (χ4v) is 4.84. The zero-order valence-corrected chi connectivity index (χ0v) is 19.1. The zero-order chi connectivity index (χ0) is 21.2. The van der Waals surface area contributed by atoms with Crippen LogP contribution >= 0.6 is 0 Å². The summed E-state index contributed by atoms with van der Waals surface area (Å²) in [6.07, 6.45) is 14.2. The molecule has 0 aliphatic heterocycles. The number of hydrogen-bond donors (Lipinski definition) is 0. The van der Waals surface area contributed by atoms with Gasteiger partial charge in [0.2, 0.25) is 0 Å². The van der Waals surface area contributed by atoms with Crippen molar-refractivity contribution >= 4 is 0 Å². The van der Waals surface area contributed by atoms with Crippen LogP contribution in [0.25, 0.3) is 0 Å². The van der Waals surface area contributed by atoms with Gasteiger partial charge in [-0.2, -0.15) is 0 Å². The summed E-state index contributed by atoms with van der Waals surface area (Å²) >= 11 is 0. The second-order valence-corrected chi connectivity index (χ2v) is 8.95. The monoisotopic (exact) mass is 402 g/mol. The number of hydrogen-bond acceptors (Lipinski definition) is 1. The Morgan fingerprint density at radius 3 is 2.13 bits per heavy atom. The highest BCUT2D eigenvalue weighted by Crippen LogP contribution is 2.44. The highest BCUT2D eigenvalue weighted by Gasteiger charge is 2.38.